The van der Waals surface area contributed by atoms with Gasteiger partial charge in [-0.3, -0.25) is 14.7 Å². The van der Waals surface area contributed by atoms with E-state index in [0.717, 1.165) is 18.3 Å². The Morgan fingerprint density at radius 3 is 2.46 bits per heavy atom. The maximum Gasteiger partial charge on any atom is 0.433 e. The molecule has 1 unspecified atom stereocenters. The van der Waals surface area contributed by atoms with Crippen LogP contribution in [0, 0.1) is 0 Å². The number of piperidine rings is 1. The predicted octanol–water partition coefficient (Wildman–Crippen LogP) is 1.70. The number of esters is 1. The third-order valence-corrected chi connectivity index (χ3v) is 4.83. The Bertz CT molecular complexity index is 760. The second-order valence-electron chi connectivity index (χ2n) is 6.48. The number of amides is 2. The number of hydrogen-bond donors (Lipinski definition) is 0. The van der Waals surface area contributed by atoms with Crippen LogP contribution in [-0.2, 0) is 20.4 Å². The van der Waals surface area contributed by atoms with Gasteiger partial charge in [0.2, 0.25) is 0 Å². The van der Waals surface area contributed by atoms with Gasteiger partial charge in [-0.15, -0.1) is 0 Å². The van der Waals surface area contributed by atoms with E-state index in [1.54, 1.807) is 0 Å². The highest BCUT2D eigenvalue weighted by atomic mass is 19.4. The van der Waals surface area contributed by atoms with Crippen LogP contribution in [-0.4, -0.2) is 71.6 Å². The van der Waals surface area contributed by atoms with E-state index in [-0.39, 0.29) is 31.3 Å². The maximum atomic E-state index is 12.6. The van der Waals surface area contributed by atoms with Crippen molar-refractivity contribution in [2.75, 3.05) is 26.8 Å². The van der Waals surface area contributed by atoms with E-state index < -0.39 is 35.9 Å². The zero-order valence-corrected chi connectivity index (χ0v) is 14.9. The lowest BCUT2D eigenvalue weighted by molar-refractivity contribution is -0.146. The first-order chi connectivity index (χ1) is 13.2. The summed E-state index contributed by atoms with van der Waals surface area (Å²) in [5, 5.41) is 0. The molecule has 28 heavy (non-hydrogen) atoms. The number of methoxy groups -OCH3 is 1. The van der Waals surface area contributed by atoms with Crippen LogP contribution in [0.25, 0.3) is 0 Å². The van der Waals surface area contributed by atoms with E-state index in [9.17, 15) is 27.6 Å². The molecule has 3 heterocycles. The minimum Gasteiger partial charge on any atom is -0.467 e. The highest BCUT2D eigenvalue weighted by Gasteiger charge is 2.44. The fourth-order valence-corrected chi connectivity index (χ4v) is 3.37. The normalized spacial score (nSPS) is 20.9. The quantitative estimate of drug-likeness (QED) is 0.717. The summed E-state index contributed by atoms with van der Waals surface area (Å²) >= 11 is 0. The fraction of sp³-hybridized carbons (Fsp3) is 0.529. The van der Waals surface area contributed by atoms with E-state index in [4.69, 9.17) is 4.74 Å². The molecule has 2 aliphatic heterocycles. The van der Waals surface area contributed by atoms with E-state index in [2.05, 4.69) is 9.72 Å². The van der Waals surface area contributed by atoms with Crippen LogP contribution in [0.1, 0.15) is 28.9 Å². The van der Waals surface area contributed by atoms with Crippen LogP contribution in [0.15, 0.2) is 18.3 Å². The number of carbonyl (C=O) groups is 3. The standard InChI is InChI=1S/C17H18F3N3O5/c1-27-15(25)12-9-28-16(26)23(12)11-4-6-22(7-5-11)14(24)10-2-3-13(21-8-10)17(18,19)20/h2-3,8,11-12H,4-7,9H2,1H3. The Labute approximate surface area is 158 Å². The lowest BCUT2D eigenvalue weighted by Crippen LogP contribution is -2.52. The first kappa shape index (κ1) is 19.9. The van der Waals surface area contributed by atoms with Crippen molar-refractivity contribution in [2.24, 2.45) is 0 Å². The zero-order chi connectivity index (χ0) is 20.5. The summed E-state index contributed by atoms with van der Waals surface area (Å²) in [4.78, 5) is 42.4. The highest BCUT2D eigenvalue weighted by molar-refractivity contribution is 5.94. The Kier molecular flexibility index (Phi) is 5.43. The Balaban J connectivity index is 1.62. The predicted molar refractivity (Wildman–Crippen MR) is 87.2 cm³/mol. The second-order valence-corrected chi connectivity index (χ2v) is 6.48. The van der Waals surface area contributed by atoms with Gasteiger partial charge in [0.25, 0.3) is 5.91 Å². The summed E-state index contributed by atoms with van der Waals surface area (Å²) in [6.45, 7) is 0.478. The molecule has 0 radical (unpaired) electrons. The minimum atomic E-state index is -4.57. The number of ether oxygens (including phenoxy) is 2. The minimum absolute atomic E-state index is 0.0551. The Hall–Kier alpha value is -2.85. The van der Waals surface area contributed by atoms with Crippen molar-refractivity contribution in [1.82, 2.24) is 14.8 Å². The van der Waals surface area contributed by atoms with Crippen LogP contribution >= 0.6 is 0 Å². The molecule has 1 atom stereocenters. The number of carbonyl (C=O) groups excluding carboxylic acids is 3. The van der Waals surface area contributed by atoms with Gasteiger partial charge in [-0.25, -0.2) is 9.59 Å². The van der Waals surface area contributed by atoms with Crippen LogP contribution in [0.4, 0.5) is 18.0 Å². The highest BCUT2D eigenvalue weighted by Crippen LogP contribution is 2.28. The van der Waals surface area contributed by atoms with Gasteiger partial charge in [-0.05, 0) is 25.0 Å². The molecule has 0 saturated carbocycles. The number of cyclic esters (lactones) is 1. The van der Waals surface area contributed by atoms with Gasteiger partial charge in [0.05, 0.1) is 12.7 Å². The molecule has 0 spiro atoms. The van der Waals surface area contributed by atoms with Crippen LogP contribution in [0.3, 0.4) is 0 Å². The first-order valence-electron chi connectivity index (χ1n) is 8.58. The summed E-state index contributed by atoms with van der Waals surface area (Å²) in [5.41, 5.74) is -1.01. The third-order valence-electron chi connectivity index (χ3n) is 4.83. The SMILES string of the molecule is COC(=O)C1COC(=O)N1C1CCN(C(=O)c2ccc(C(F)(F)F)nc2)CC1. The smallest absolute Gasteiger partial charge is 0.433 e. The van der Waals surface area contributed by atoms with Crippen molar-refractivity contribution < 1.29 is 37.0 Å². The second kappa shape index (κ2) is 7.64. The molecule has 2 saturated heterocycles. The number of nitrogens with zero attached hydrogens (tertiary/aromatic N) is 3. The first-order valence-corrected chi connectivity index (χ1v) is 8.58. The molecule has 2 aliphatic rings. The van der Waals surface area contributed by atoms with Crippen molar-refractivity contribution in [3.63, 3.8) is 0 Å². The van der Waals surface area contributed by atoms with Gasteiger partial charge in [-0.1, -0.05) is 0 Å². The average molecular weight is 401 g/mol. The van der Waals surface area contributed by atoms with Gasteiger partial charge >= 0.3 is 18.2 Å². The van der Waals surface area contributed by atoms with E-state index >= 15 is 0 Å². The lowest BCUT2D eigenvalue weighted by Gasteiger charge is -2.37. The van der Waals surface area contributed by atoms with Gasteiger partial charge in [-0.2, -0.15) is 13.2 Å². The molecule has 0 aliphatic carbocycles. The number of rotatable bonds is 3. The maximum absolute atomic E-state index is 12.6. The molecule has 1 aromatic rings. The summed E-state index contributed by atoms with van der Waals surface area (Å²) in [7, 11) is 1.22. The van der Waals surface area contributed by atoms with Crippen molar-refractivity contribution in [3.8, 4) is 0 Å². The van der Waals surface area contributed by atoms with Crippen LogP contribution in [0.2, 0.25) is 0 Å². The zero-order valence-electron chi connectivity index (χ0n) is 14.9. The lowest BCUT2D eigenvalue weighted by atomic mass is 10.0. The topological polar surface area (TPSA) is 89.0 Å². The molecule has 2 amide bonds. The molecule has 3 rings (SSSR count). The number of likely N-dealkylation sites (tertiary alicyclic amines) is 1. The largest absolute Gasteiger partial charge is 0.467 e. The van der Waals surface area contributed by atoms with E-state index in [1.807, 2.05) is 0 Å². The van der Waals surface area contributed by atoms with Crippen LogP contribution < -0.4 is 0 Å². The molecule has 1 aromatic heterocycles. The molecule has 0 N–H and O–H groups in total. The number of aromatic nitrogens is 1. The summed E-state index contributed by atoms with van der Waals surface area (Å²) in [5.74, 6) is -1.01. The molecule has 152 valence electrons. The summed E-state index contributed by atoms with van der Waals surface area (Å²) < 4.78 is 47.4. The molecule has 8 nitrogen and oxygen atoms in total. The molecule has 2 fully saturated rings. The monoisotopic (exact) mass is 401 g/mol. The van der Waals surface area contributed by atoms with E-state index in [1.165, 1.54) is 16.9 Å². The average Bonchev–Trinajstić information content (AvgIpc) is 3.08. The van der Waals surface area contributed by atoms with Crippen molar-refractivity contribution in [1.29, 1.82) is 0 Å². The molecular weight excluding hydrogens is 383 g/mol. The van der Waals surface area contributed by atoms with Gasteiger partial charge < -0.3 is 14.4 Å². The number of halogens is 3. The summed E-state index contributed by atoms with van der Waals surface area (Å²) in [6.07, 6.45) is -3.46. The molecule has 0 aromatic carbocycles. The Morgan fingerprint density at radius 1 is 1.25 bits per heavy atom. The fourth-order valence-electron chi connectivity index (χ4n) is 3.37. The number of alkyl halides is 3. The van der Waals surface area contributed by atoms with Crippen molar-refractivity contribution >= 4 is 18.0 Å². The van der Waals surface area contributed by atoms with Gasteiger partial charge in [0.15, 0.2) is 6.04 Å². The summed E-state index contributed by atoms with van der Waals surface area (Å²) in [6, 6.07) is 0.744. The number of pyridine rings is 1. The van der Waals surface area contributed by atoms with Crippen molar-refractivity contribution in [3.05, 3.63) is 29.6 Å². The van der Waals surface area contributed by atoms with Gasteiger partial charge in [0, 0.05) is 25.3 Å². The molecule has 0 bridgehead atoms. The van der Waals surface area contributed by atoms with Crippen molar-refractivity contribution in [2.45, 2.75) is 31.1 Å². The third kappa shape index (κ3) is 3.87. The van der Waals surface area contributed by atoms with E-state index in [0.29, 0.717) is 12.8 Å². The molecular formula is C17H18F3N3O5. The molecule has 11 heteroatoms. The van der Waals surface area contributed by atoms with Gasteiger partial charge in [0.1, 0.15) is 12.3 Å². The van der Waals surface area contributed by atoms with Crippen LogP contribution in [0.5, 0.6) is 0 Å². The Morgan fingerprint density at radius 2 is 1.93 bits per heavy atom. The number of hydrogen-bond acceptors (Lipinski definition) is 6.